The van der Waals surface area contributed by atoms with Crippen molar-refractivity contribution in [1.29, 1.82) is 0 Å². The minimum absolute atomic E-state index is 0. The predicted octanol–water partition coefficient (Wildman–Crippen LogP) is 2.49. The van der Waals surface area contributed by atoms with E-state index >= 15 is 0 Å². The molecule has 130 valence electrons. The number of carbonyl (C=O) groups excluding carboxylic acids is 1. The molecule has 1 aromatic carbocycles. The highest BCUT2D eigenvalue weighted by Gasteiger charge is 2.33. The van der Waals surface area contributed by atoms with Crippen LogP contribution < -0.4 is 10.5 Å². The molecule has 23 heavy (non-hydrogen) atoms. The summed E-state index contributed by atoms with van der Waals surface area (Å²) in [5, 5.41) is 0.581. The molecule has 7 heteroatoms. The highest BCUT2D eigenvalue weighted by Crippen LogP contribution is 2.22. The van der Waals surface area contributed by atoms with Gasteiger partial charge < -0.3 is 20.1 Å². The van der Waals surface area contributed by atoms with Gasteiger partial charge in [-0.05, 0) is 38.0 Å². The average molecular weight is 363 g/mol. The molecule has 0 saturated carbocycles. The standard InChI is InChI=1S/C16H23ClN2O3.ClH/c1-11(22-15-5-3-4-12(17)8-15)16(20)19-7-6-14(21-2)9-13(19)10-18;/h3-5,8,11,13-14H,6-7,9-10,18H2,1-2H3;1H. The summed E-state index contributed by atoms with van der Waals surface area (Å²) in [5.74, 6) is 0.536. The van der Waals surface area contributed by atoms with Crippen molar-refractivity contribution in [2.75, 3.05) is 20.2 Å². The van der Waals surface area contributed by atoms with Gasteiger partial charge in [0.1, 0.15) is 5.75 Å². The van der Waals surface area contributed by atoms with Gasteiger partial charge in [-0.1, -0.05) is 17.7 Å². The van der Waals surface area contributed by atoms with Crippen LogP contribution in [0.15, 0.2) is 24.3 Å². The van der Waals surface area contributed by atoms with Crippen molar-refractivity contribution in [3.8, 4) is 5.75 Å². The van der Waals surface area contributed by atoms with Crippen LogP contribution >= 0.6 is 24.0 Å². The first kappa shape index (κ1) is 20.0. The Hall–Kier alpha value is -1.01. The van der Waals surface area contributed by atoms with E-state index in [0.29, 0.717) is 23.9 Å². The normalized spacial score (nSPS) is 22.2. The third-order valence-electron chi connectivity index (χ3n) is 4.01. The van der Waals surface area contributed by atoms with Crippen molar-refractivity contribution in [3.63, 3.8) is 0 Å². The summed E-state index contributed by atoms with van der Waals surface area (Å²) in [6.07, 6.45) is 1.18. The zero-order chi connectivity index (χ0) is 16.1. The van der Waals surface area contributed by atoms with E-state index in [0.717, 1.165) is 12.8 Å². The number of halogens is 2. The van der Waals surface area contributed by atoms with Gasteiger partial charge in [0.15, 0.2) is 6.10 Å². The highest BCUT2D eigenvalue weighted by molar-refractivity contribution is 6.30. The third-order valence-corrected chi connectivity index (χ3v) is 4.25. The molecule has 3 unspecified atom stereocenters. The summed E-state index contributed by atoms with van der Waals surface area (Å²) < 4.78 is 11.1. The number of hydrogen-bond acceptors (Lipinski definition) is 4. The van der Waals surface area contributed by atoms with E-state index in [-0.39, 0.29) is 30.5 Å². The molecular formula is C16H24Cl2N2O3. The number of carbonyl (C=O) groups is 1. The first-order valence-corrected chi connectivity index (χ1v) is 7.88. The number of benzene rings is 1. The molecule has 0 aliphatic carbocycles. The maximum absolute atomic E-state index is 12.6. The number of piperidine rings is 1. The quantitative estimate of drug-likeness (QED) is 0.873. The van der Waals surface area contributed by atoms with Gasteiger partial charge >= 0.3 is 0 Å². The molecule has 2 rings (SSSR count). The summed E-state index contributed by atoms with van der Waals surface area (Å²) >= 11 is 5.93. The highest BCUT2D eigenvalue weighted by atomic mass is 35.5. The molecule has 1 heterocycles. The molecule has 0 radical (unpaired) electrons. The van der Waals surface area contributed by atoms with Crippen LogP contribution in [0.5, 0.6) is 5.75 Å². The number of amides is 1. The van der Waals surface area contributed by atoms with Crippen LogP contribution in [-0.2, 0) is 9.53 Å². The van der Waals surface area contributed by atoms with Crippen LogP contribution in [0.2, 0.25) is 5.02 Å². The number of likely N-dealkylation sites (tertiary alicyclic amines) is 1. The monoisotopic (exact) mass is 362 g/mol. The van der Waals surface area contributed by atoms with Gasteiger partial charge in [-0.15, -0.1) is 12.4 Å². The molecule has 1 aliphatic rings. The number of hydrogen-bond donors (Lipinski definition) is 1. The Morgan fingerprint density at radius 1 is 1.52 bits per heavy atom. The topological polar surface area (TPSA) is 64.8 Å². The van der Waals surface area contributed by atoms with E-state index in [2.05, 4.69) is 0 Å². The van der Waals surface area contributed by atoms with Crippen LogP contribution in [0.25, 0.3) is 0 Å². The molecule has 5 nitrogen and oxygen atoms in total. The molecule has 3 atom stereocenters. The Kier molecular flexibility index (Phi) is 8.12. The fraction of sp³-hybridized carbons (Fsp3) is 0.562. The van der Waals surface area contributed by atoms with Crippen LogP contribution in [0.3, 0.4) is 0 Å². The van der Waals surface area contributed by atoms with Crippen molar-refractivity contribution in [1.82, 2.24) is 4.90 Å². The lowest BCUT2D eigenvalue weighted by molar-refractivity contribution is -0.143. The fourth-order valence-electron chi connectivity index (χ4n) is 2.77. The van der Waals surface area contributed by atoms with Crippen molar-refractivity contribution in [3.05, 3.63) is 29.3 Å². The smallest absolute Gasteiger partial charge is 0.263 e. The summed E-state index contributed by atoms with van der Waals surface area (Å²) in [7, 11) is 1.70. The molecule has 0 bridgehead atoms. The number of nitrogens with zero attached hydrogens (tertiary/aromatic N) is 1. The second kappa shape index (κ2) is 9.33. The van der Waals surface area contributed by atoms with Crippen molar-refractivity contribution >= 4 is 29.9 Å². The van der Waals surface area contributed by atoms with Gasteiger partial charge in [-0.25, -0.2) is 0 Å². The van der Waals surface area contributed by atoms with Crippen LogP contribution in [-0.4, -0.2) is 49.3 Å². The van der Waals surface area contributed by atoms with E-state index in [4.69, 9.17) is 26.8 Å². The second-order valence-corrected chi connectivity index (χ2v) is 5.96. The summed E-state index contributed by atoms with van der Waals surface area (Å²) in [4.78, 5) is 14.4. The third kappa shape index (κ3) is 5.24. The van der Waals surface area contributed by atoms with Gasteiger partial charge in [0.2, 0.25) is 0 Å². The van der Waals surface area contributed by atoms with E-state index in [1.807, 2.05) is 4.90 Å². The lowest BCUT2D eigenvalue weighted by atomic mass is 9.98. The van der Waals surface area contributed by atoms with Crippen molar-refractivity contribution in [2.24, 2.45) is 5.73 Å². The fourth-order valence-corrected chi connectivity index (χ4v) is 2.95. The molecule has 1 aromatic rings. The average Bonchev–Trinajstić information content (AvgIpc) is 2.53. The maximum atomic E-state index is 12.6. The Morgan fingerprint density at radius 2 is 2.26 bits per heavy atom. The molecule has 1 saturated heterocycles. The number of nitrogens with two attached hydrogens (primary N) is 1. The first-order valence-electron chi connectivity index (χ1n) is 7.50. The predicted molar refractivity (Wildman–Crippen MR) is 93.4 cm³/mol. The number of rotatable bonds is 5. The molecule has 0 spiro atoms. The SMILES string of the molecule is COC1CCN(C(=O)C(C)Oc2cccc(Cl)c2)C(CN)C1.Cl. The van der Waals surface area contributed by atoms with Gasteiger partial charge in [-0.3, -0.25) is 4.79 Å². The molecule has 1 fully saturated rings. The van der Waals surface area contributed by atoms with Crippen LogP contribution in [0.1, 0.15) is 19.8 Å². The maximum Gasteiger partial charge on any atom is 0.263 e. The minimum Gasteiger partial charge on any atom is -0.481 e. The molecular weight excluding hydrogens is 339 g/mol. The second-order valence-electron chi connectivity index (χ2n) is 5.52. The lowest BCUT2D eigenvalue weighted by Crippen LogP contribution is -2.54. The zero-order valence-electron chi connectivity index (χ0n) is 13.4. The van der Waals surface area contributed by atoms with Gasteiger partial charge in [0.05, 0.1) is 6.10 Å². The van der Waals surface area contributed by atoms with Gasteiger partial charge in [0.25, 0.3) is 5.91 Å². The Labute approximate surface area is 148 Å². The Bertz CT molecular complexity index is 516. The molecule has 2 N–H and O–H groups in total. The molecule has 0 aromatic heterocycles. The number of ether oxygens (including phenoxy) is 2. The number of methoxy groups -OCH3 is 1. The van der Waals surface area contributed by atoms with E-state index in [1.165, 1.54) is 0 Å². The summed E-state index contributed by atoms with van der Waals surface area (Å²) in [6.45, 7) is 2.82. The lowest BCUT2D eigenvalue weighted by Gasteiger charge is -2.39. The zero-order valence-corrected chi connectivity index (χ0v) is 15.0. The largest absolute Gasteiger partial charge is 0.481 e. The molecule has 1 amide bonds. The van der Waals surface area contributed by atoms with Crippen LogP contribution in [0, 0.1) is 0 Å². The Morgan fingerprint density at radius 3 is 2.87 bits per heavy atom. The van der Waals surface area contributed by atoms with Gasteiger partial charge in [-0.2, -0.15) is 0 Å². The minimum atomic E-state index is -0.577. The van der Waals surface area contributed by atoms with E-state index < -0.39 is 6.10 Å². The van der Waals surface area contributed by atoms with Crippen molar-refractivity contribution < 1.29 is 14.3 Å². The Balaban J connectivity index is 0.00000264. The van der Waals surface area contributed by atoms with Crippen LogP contribution in [0.4, 0.5) is 0 Å². The van der Waals surface area contributed by atoms with E-state index in [9.17, 15) is 4.79 Å². The summed E-state index contributed by atoms with van der Waals surface area (Å²) in [5.41, 5.74) is 5.81. The van der Waals surface area contributed by atoms with Crippen molar-refractivity contribution in [2.45, 2.75) is 38.0 Å². The van der Waals surface area contributed by atoms with E-state index in [1.54, 1.807) is 38.3 Å². The summed E-state index contributed by atoms with van der Waals surface area (Å²) in [6, 6.07) is 7.04. The van der Waals surface area contributed by atoms with Gasteiger partial charge in [0, 0.05) is 31.3 Å². The molecule has 1 aliphatic heterocycles. The first-order chi connectivity index (χ1) is 10.5.